The summed E-state index contributed by atoms with van der Waals surface area (Å²) < 4.78 is 0. The van der Waals surface area contributed by atoms with Gasteiger partial charge in [-0.25, -0.2) is 4.98 Å². The molecule has 0 saturated heterocycles. The maximum Gasteiger partial charge on any atom is 0.133 e. The highest BCUT2D eigenvalue weighted by Gasteiger charge is 2.18. The Labute approximate surface area is 166 Å². The highest BCUT2D eigenvalue weighted by molar-refractivity contribution is 5.95. The number of aryl methyl sites for hydroxylation is 1. The van der Waals surface area contributed by atoms with Gasteiger partial charge in [-0.05, 0) is 48.7 Å². The number of hydrogen-bond acceptors (Lipinski definition) is 3. The van der Waals surface area contributed by atoms with Crippen molar-refractivity contribution in [1.82, 2.24) is 9.97 Å². The van der Waals surface area contributed by atoms with Gasteiger partial charge in [-0.3, -0.25) is 5.41 Å². The number of imidazole rings is 1. The highest BCUT2D eigenvalue weighted by Crippen LogP contribution is 2.26. The molecule has 5 nitrogen and oxygen atoms in total. The Bertz CT molecular complexity index is 953. The van der Waals surface area contributed by atoms with E-state index in [-0.39, 0.29) is 11.9 Å². The lowest BCUT2D eigenvalue weighted by atomic mass is 10.0. The van der Waals surface area contributed by atoms with Gasteiger partial charge in [0, 0.05) is 29.6 Å². The Balaban J connectivity index is 1.93. The first-order chi connectivity index (χ1) is 13.6. The zero-order valence-electron chi connectivity index (χ0n) is 16.4. The molecule has 0 bridgehead atoms. The minimum atomic E-state index is -0.103. The summed E-state index contributed by atoms with van der Waals surface area (Å²) in [5.74, 6) is 0.946. The van der Waals surface area contributed by atoms with Crippen LogP contribution in [0.15, 0.2) is 66.9 Å². The van der Waals surface area contributed by atoms with Crippen LogP contribution in [-0.4, -0.2) is 15.8 Å². The predicted molar refractivity (Wildman–Crippen MR) is 116 cm³/mol. The van der Waals surface area contributed by atoms with E-state index in [0.717, 1.165) is 35.6 Å². The molecule has 28 heavy (non-hydrogen) atoms. The maximum atomic E-state index is 7.56. The van der Waals surface area contributed by atoms with Crippen molar-refractivity contribution in [2.24, 2.45) is 5.73 Å². The van der Waals surface area contributed by atoms with Crippen molar-refractivity contribution in [1.29, 1.82) is 5.41 Å². The van der Waals surface area contributed by atoms with Crippen molar-refractivity contribution < 1.29 is 0 Å². The molecule has 0 amide bonds. The molecule has 0 radical (unpaired) electrons. The van der Waals surface area contributed by atoms with Crippen molar-refractivity contribution >= 4 is 11.5 Å². The van der Waals surface area contributed by atoms with E-state index in [9.17, 15) is 0 Å². The lowest BCUT2D eigenvalue weighted by Crippen LogP contribution is -2.15. The number of benzene rings is 2. The van der Waals surface area contributed by atoms with Gasteiger partial charge in [0.1, 0.15) is 17.7 Å². The van der Waals surface area contributed by atoms with Crippen LogP contribution in [0.3, 0.4) is 0 Å². The number of aromatic nitrogens is 2. The van der Waals surface area contributed by atoms with Gasteiger partial charge in [0.2, 0.25) is 0 Å². The standard InChI is InChI=1S/C23H27N5/c1-3-5-9-20-15-26-23(28-20)21(18-8-6-7-16(4-2)14-18)27-19-12-10-17(11-13-19)22(24)25/h3,5-8,10-15,21,27H,4,9H2,1-2H3,(H3,24,25)(H,26,28)/b5-3-. The van der Waals surface area contributed by atoms with Crippen LogP contribution >= 0.6 is 0 Å². The van der Waals surface area contributed by atoms with Crippen LogP contribution in [0.25, 0.3) is 0 Å². The highest BCUT2D eigenvalue weighted by atomic mass is 15.0. The topological polar surface area (TPSA) is 90.6 Å². The van der Waals surface area contributed by atoms with E-state index in [2.05, 4.69) is 52.5 Å². The van der Waals surface area contributed by atoms with Crippen LogP contribution in [0.4, 0.5) is 5.69 Å². The Morgan fingerprint density at radius 3 is 2.71 bits per heavy atom. The number of aromatic amines is 1. The van der Waals surface area contributed by atoms with Crippen molar-refractivity contribution in [3.05, 3.63) is 95.1 Å². The molecule has 3 aromatic rings. The molecule has 0 fully saturated rings. The van der Waals surface area contributed by atoms with E-state index in [1.807, 2.05) is 43.5 Å². The smallest absolute Gasteiger partial charge is 0.133 e. The third-order valence-electron chi connectivity index (χ3n) is 4.69. The molecular weight excluding hydrogens is 346 g/mol. The summed E-state index contributed by atoms with van der Waals surface area (Å²) in [6.07, 6.45) is 7.86. The number of H-pyrrole nitrogens is 1. The molecule has 1 unspecified atom stereocenters. The molecule has 5 heteroatoms. The zero-order valence-corrected chi connectivity index (χ0v) is 16.4. The average Bonchev–Trinajstić information content (AvgIpc) is 3.19. The van der Waals surface area contributed by atoms with Gasteiger partial charge < -0.3 is 16.0 Å². The summed E-state index contributed by atoms with van der Waals surface area (Å²) in [5, 5.41) is 11.1. The van der Waals surface area contributed by atoms with Crippen LogP contribution < -0.4 is 11.1 Å². The van der Waals surface area contributed by atoms with Gasteiger partial charge in [0.25, 0.3) is 0 Å². The fourth-order valence-electron chi connectivity index (χ4n) is 3.09. The molecule has 2 aromatic carbocycles. The predicted octanol–water partition coefficient (Wildman–Crippen LogP) is 4.58. The first-order valence-electron chi connectivity index (χ1n) is 9.55. The van der Waals surface area contributed by atoms with Crippen LogP contribution in [0.1, 0.15) is 48.1 Å². The molecule has 0 aliphatic rings. The first kappa shape index (κ1) is 19.4. The molecule has 144 valence electrons. The van der Waals surface area contributed by atoms with Gasteiger partial charge >= 0.3 is 0 Å². The Morgan fingerprint density at radius 2 is 2.04 bits per heavy atom. The van der Waals surface area contributed by atoms with Crippen molar-refractivity contribution in [2.45, 2.75) is 32.7 Å². The largest absolute Gasteiger partial charge is 0.384 e. The summed E-state index contributed by atoms with van der Waals surface area (Å²) in [6, 6.07) is 16.0. The molecule has 0 spiro atoms. The minimum Gasteiger partial charge on any atom is -0.384 e. The second-order valence-corrected chi connectivity index (χ2v) is 6.73. The summed E-state index contributed by atoms with van der Waals surface area (Å²) in [4.78, 5) is 8.09. The summed E-state index contributed by atoms with van der Waals surface area (Å²) >= 11 is 0. The fourth-order valence-corrected chi connectivity index (χ4v) is 3.09. The maximum absolute atomic E-state index is 7.56. The fraction of sp³-hybridized carbons (Fsp3) is 0.217. The number of hydrogen-bond donors (Lipinski definition) is 4. The number of amidine groups is 1. The SMILES string of the molecule is C/C=C\Cc1cnc(C(Nc2ccc(C(=N)N)cc2)c2cccc(CC)c2)[nH]1. The monoisotopic (exact) mass is 373 g/mol. The van der Waals surface area contributed by atoms with Gasteiger partial charge in [0.05, 0.1) is 0 Å². The van der Waals surface area contributed by atoms with E-state index in [0.29, 0.717) is 5.56 Å². The van der Waals surface area contributed by atoms with E-state index in [4.69, 9.17) is 11.1 Å². The first-order valence-corrected chi connectivity index (χ1v) is 9.55. The number of rotatable bonds is 8. The lowest BCUT2D eigenvalue weighted by Gasteiger charge is -2.19. The average molecular weight is 374 g/mol. The van der Waals surface area contributed by atoms with Crippen molar-refractivity contribution in [3.8, 4) is 0 Å². The second-order valence-electron chi connectivity index (χ2n) is 6.73. The van der Waals surface area contributed by atoms with Gasteiger partial charge in [-0.1, -0.05) is 43.3 Å². The molecule has 0 saturated carbocycles. The molecule has 5 N–H and O–H groups in total. The van der Waals surface area contributed by atoms with Crippen molar-refractivity contribution in [3.63, 3.8) is 0 Å². The molecular formula is C23H27N5. The van der Waals surface area contributed by atoms with E-state index in [1.165, 1.54) is 5.56 Å². The quantitative estimate of drug-likeness (QED) is 0.265. The lowest BCUT2D eigenvalue weighted by molar-refractivity contribution is 0.846. The normalized spacial score (nSPS) is 12.2. The Morgan fingerprint density at radius 1 is 1.25 bits per heavy atom. The molecule has 3 rings (SSSR count). The number of nitrogens with one attached hydrogen (secondary N) is 3. The van der Waals surface area contributed by atoms with E-state index in [1.54, 1.807) is 0 Å². The molecule has 1 aromatic heterocycles. The Hall–Kier alpha value is -3.34. The summed E-state index contributed by atoms with van der Waals surface area (Å²) in [5.41, 5.74) is 10.7. The number of nitrogens with two attached hydrogens (primary N) is 1. The summed E-state index contributed by atoms with van der Waals surface area (Å²) in [6.45, 7) is 4.17. The summed E-state index contributed by atoms with van der Waals surface area (Å²) in [7, 11) is 0. The molecule has 1 heterocycles. The number of nitrogen functional groups attached to an aromatic ring is 1. The molecule has 0 aliphatic carbocycles. The number of anilines is 1. The minimum absolute atomic E-state index is 0.0680. The van der Waals surface area contributed by atoms with Crippen LogP contribution in [0.2, 0.25) is 0 Å². The number of allylic oxidation sites excluding steroid dienone is 2. The molecule has 1 atom stereocenters. The van der Waals surface area contributed by atoms with Gasteiger partial charge in [0.15, 0.2) is 0 Å². The van der Waals surface area contributed by atoms with Crippen molar-refractivity contribution in [2.75, 3.05) is 5.32 Å². The zero-order chi connectivity index (χ0) is 19.9. The van der Waals surface area contributed by atoms with E-state index < -0.39 is 0 Å². The Kier molecular flexibility index (Phi) is 6.27. The second kappa shape index (κ2) is 9.04. The van der Waals surface area contributed by atoms with Crippen LogP contribution in [0, 0.1) is 5.41 Å². The third-order valence-corrected chi connectivity index (χ3v) is 4.69. The van der Waals surface area contributed by atoms with E-state index >= 15 is 0 Å². The van der Waals surface area contributed by atoms with Crippen LogP contribution in [0.5, 0.6) is 0 Å². The van der Waals surface area contributed by atoms with Gasteiger partial charge in [-0.2, -0.15) is 0 Å². The van der Waals surface area contributed by atoms with Gasteiger partial charge in [-0.15, -0.1) is 0 Å². The van der Waals surface area contributed by atoms with Crippen LogP contribution in [-0.2, 0) is 12.8 Å². The third kappa shape index (κ3) is 4.68. The number of nitrogens with zero attached hydrogens (tertiary/aromatic N) is 1. The molecule has 0 aliphatic heterocycles.